The van der Waals surface area contributed by atoms with Crippen LogP contribution in [-0.2, 0) is 11.2 Å². The first-order valence-corrected chi connectivity index (χ1v) is 5.91. The van der Waals surface area contributed by atoms with Gasteiger partial charge in [0.1, 0.15) is 0 Å². The summed E-state index contributed by atoms with van der Waals surface area (Å²) in [7, 11) is 0. The molecular formula is C14H20O3. The first kappa shape index (κ1) is 13.7. The predicted molar refractivity (Wildman–Crippen MR) is 67.0 cm³/mol. The minimum Gasteiger partial charge on any atom is -0.481 e. The smallest absolute Gasteiger partial charge is 0.310 e. The number of aliphatic hydroxyl groups excluding tert-OH is 1. The topological polar surface area (TPSA) is 57.5 Å². The fraction of sp³-hybridized carbons (Fsp3) is 0.500. The summed E-state index contributed by atoms with van der Waals surface area (Å²) in [5, 5.41) is 18.3. The summed E-state index contributed by atoms with van der Waals surface area (Å²) in [6.45, 7) is 5.46. The van der Waals surface area contributed by atoms with Gasteiger partial charge in [0.25, 0.3) is 0 Å². The van der Waals surface area contributed by atoms with Crippen LogP contribution in [0.5, 0.6) is 0 Å². The monoisotopic (exact) mass is 236 g/mol. The summed E-state index contributed by atoms with van der Waals surface area (Å²) in [4.78, 5) is 10.8. The molecule has 1 aromatic rings. The average molecular weight is 236 g/mol. The van der Waals surface area contributed by atoms with Crippen molar-refractivity contribution < 1.29 is 15.0 Å². The van der Waals surface area contributed by atoms with Gasteiger partial charge in [-0.2, -0.15) is 0 Å². The van der Waals surface area contributed by atoms with Crippen molar-refractivity contribution in [1.29, 1.82) is 0 Å². The number of carboxylic acids is 1. The molecule has 0 spiro atoms. The largest absolute Gasteiger partial charge is 0.481 e. The summed E-state index contributed by atoms with van der Waals surface area (Å²) in [6, 6.07) is 7.58. The van der Waals surface area contributed by atoms with Gasteiger partial charge >= 0.3 is 5.97 Å². The van der Waals surface area contributed by atoms with Crippen molar-refractivity contribution >= 4 is 5.97 Å². The lowest BCUT2D eigenvalue weighted by Gasteiger charge is -2.15. The van der Waals surface area contributed by atoms with Crippen molar-refractivity contribution in [3.63, 3.8) is 0 Å². The SMILES string of the molecule is CC(C(=O)O)c1ccc(CC(C)C(C)O)cc1. The maximum atomic E-state index is 10.8. The molecule has 1 aromatic carbocycles. The van der Waals surface area contributed by atoms with Crippen molar-refractivity contribution in [1.82, 2.24) is 0 Å². The van der Waals surface area contributed by atoms with Gasteiger partial charge in [0, 0.05) is 0 Å². The summed E-state index contributed by atoms with van der Waals surface area (Å²) < 4.78 is 0. The van der Waals surface area contributed by atoms with Crippen LogP contribution in [0.3, 0.4) is 0 Å². The summed E-state index contributed by atoms with van der Waals surface area (Å²) in [5.41, 5.74) is 1.94. The molecule has 0 amide bonds. The van der Waals surface area contributed by atoms with Crippen LogP contribution in [0, 0.1) is 5.92 Å². The van der Waals surface area contributed by atoms with Crippen LogP contribution in [-0.4, -0.2) is 22.3 Å². The standard InChI is InChI=1S/C14H20O3/c1-9(11(3)15)8-12-4-6-13(7-5-12)10(2)14(16)17/h4-7,9-11,15H,8H2,1-3H3,(H,16,17). The second-order valence-corrected chi connectivity index (χ2v) is 4.72. The molecule has 17 heavy (non-hydrogen) atoms. The Labute approximate surface area is 102 Å². The minimum absolute atomic E-state index is 0.206. The molecule has 0 saturated carbocycles. The molecule has 0 aliphatic heterocycles. The number of aliphatic hydroxyl groups is 1. The Balaban J connectivity index is 2.71. The first-order valence-electron chi connectivity index (χ1n) is 5.91. The third kappa shape index (κ3) is 3.86. The van der Waals surface area contributed by atoms with E-state index in [4.69, 9.17) is 5.11 Å². The van der Waals surface area contributed by atoms with Gasteiger partial charge in [0.15, 0.2) is 0 Å². The molecule has 0 heterocycles. The summed E-state index contributed by atoms with van der Waals surface area (Å²) >= 11 is 0. The van der Waals surface area contributed by atoms with E-state index < -0.39 is 11.9 Å². The van der Waals surface area contributed by atoms with E-state index in [0.29, 0.717) is 0 Å². The quantitative estimate of drug-likeness (QED) is 0.825. The Bertz CT molecular complexity index is 368. The maximum absolute atomic E-state index is 10.8. The van der Waals surface area contributed by atoms with Gasteiger partial charge in [0.2, 0.25) is 0 Å². The molecule has 2 N–H and O–H groups in total. The normalized spacial score (nSPS) is 16.2. The van der Waals surface area contributed by atoms with Crippen LogP contribution in [0.25, 0.3) is 0 Å². The van der Waals surface area contributed by atoms with E-state index >= 15 is 0 Å². The molecule has 0 aliphatic rings. The number of hydrogen-bond donors (Lipinski definition) is 2. The Hall–Kier alpha value is -1.35. The number of rotatable bonds is 5. The molecule has 0 fully saturated rings. The molecule has 0 radical (unpaired) electrons. The molecule has 0 bridgehead atoms. The van der Waals surface area contributed by atoms with Gasteiger partial charge in [-0.3, -0.25) is 4.79 Å². The molecule has 3 unspecified atom stereocenters. The lowest BCUT2D eigenvalue weighted by molar-refractivity contribution is -0.138. The van der Waals surface area contributed by atoms with Crippen LogP contribution in [0.1, 0.15) is 37.8 Å². The summed E-state index contributed by atoms with van der Waals surface area (Å²) in [6.07, 6.45) is 0.479. The van der Waals surface area contributed by atoms with Gasteiger partial charge in [0.05, 0.1) is 12.0 Å². The third-order valence-corrected chi connectivity index (χ3v) is 3.23. The molecule has 0 aromatic heterocycles. The van der Waals surface area contributed by atoms with Gasteiger partial charge in [-0.15, -0.1) is 0 Å². The second-order valence-electron chi connectivity index (χ2n) is 4.72. The van der Waals surface area contributed by atoms with E-state index in [-0.39, 0.29) is 12.0 Å². The van der Waals surface area contributed by atoms with Gasteiger partial charge in [-0.25, -0.2) is 0 Å². The average Bonchev–Trinajstić information content (AvgIpc) is 2.28. The van der Waals surface area contributed by atoms with E-state index in [9.17, 15) is 9.90 Å². The van der Waals surface area contributed by atoms with Crippen molar-refractivity contribution in [2.24, 2.45) is 5.92 Å². The molecule has 94 valence electrons. The van der Waals surface area contributed by atoms with Gasteiger partial charge < -0.3 is 10.2 Å². The number of carbonyl (C=O) groups is 1. The van der Waals surface area contributed by atoms with Crippen molar-refractivity contribution in [3.05, 3.63) is 35.4 Å². The van der Waals surface area contributed by atoms with Crippen LogP contribution in [0.2, 0.25) is 0 Å². The van der Waals surface area contributed by atoms with E-state index in [0.717, 1.165) is 17.5 Å². The van der Waals surface area contributed by atoms with Crippen LogP contribution >= 0.6 is 0 Å². The molecule has 0 saturated heterocycles. The highest BCUT2D eigenvalue weighted by atomic mass is 16.4. The Morgan fingerprint density at radius 1 is 1.18 bits per heavy atom. The molecule has 3 atom stereocenters. The van der Waals surface area contributed by atoms with Gasteiger partial charge in [-0.1, -0.05) is 31.2 Å². The highest BCUT2D eigenvalue weighted by molar-refractivity contribution is 5.75. The number of carboxylic acid groups (broad SMARTS) is 1. The van der Waals surface area contributed by atoms with E-state index in [2.05, 4.69) is 0 Å². The lowest BCUT2D eigenvalue weighted by Crippen LogP contribution is -2.15. The Kier molecular flexibility index (Phi) is 4.70. The molecule has 3 heteroatoms. The van der Waals surface area contributed by atoms with E-state index in [1.54, 1.807) is 13.8 Å². The minimum atomic E-state index is -0.810. The zero-order valence-electron chi connectivity index (χ0n) is 10.6. The molecule has 0 aliphatic carbocycles. The van der Waals surface area contributed by atoms with E-state index in [1.165, 1.54) is 0 Å². The Morgan fingerprint density at radius 2 is 1.71 bits per heavy atom. The lowest BCUT2D eigenvalue weighted by atomic mass is 9.94. The third-order valence-electron chi connectivity index (χ3n) is 3.23. The second kappa shape index (κ2) is 5.82. The highest BCUT2D eigenvalue weighted by Gasteiger charge is 2.14. The van der Waals surface area contributed by atoms with Crippen molar-refractivity contribution in [3.8, 4) is 0 Å². The molecular weight excluding hydrogens is 216 g/mol. The molecule has 1 rings (SSSR count). The number of benzene rings is 1. The number of aliphatic carboxylic acids is 1. The highest BCUT2D eigenvalue weighted by Crippen LogP contribution is 2.18. The van der Waals surface area contributed by atoms with Crippen LogP contribution in [0.15, 0.2) is 24.3 Å². The van der Waals surface area contributed by atoms with Gasteiger partial charge in [-0.05, 0) is 37.3 Å². The fourth-order valence-electron chi connectivity index (χ4n) is 1.63. The molecule has 3 nitrogen and oxygen atoms in total. The van der Waals surface area contributed by atoms with E-state index in [1.807, 2.05) is 31.2 Å². The zero-order chi connectivity index (χ0) is 13.0. The van der Waals surface area contributed by atoms with Crippen molar-refractivity contribution in [2.45, 2.75) is 39.2 Å². The van der Waals surface area contributed by atoms with Crippen molar-refractivity contribution in [2.75, 3.05) is 0 Å². The summed E-state index contributed by atoms with van der Waals surface area (Å²) in [5.74, 6) is -1.08. The Morgan fingerprint density at radius 3 is 2.12 bits per heavy atom. The van der Waals surface area contributed by atoms with Crippen LogP contribution < -0.4 is 0 Å². The number of hydrogen-bond acceptors (Lipinski definition) is 2. The zero-order valence-corrected chi connectivity index (χ0v) is 10.6. The van der Waals surface area contributed by atoms with Crippen LogP contribution in [0.4, 0.5) is 0 Å². The predicted octanol–water partition coefficient (Wildman–Crippen LogP) is 2.43. The first-order chi connectivity index (χ1) is 7.91. The maximum Gasteiger partial charge on any atom is 0.310 e. The fourth-order valence-corrected chi connectivity index (χ4v) is 1.63.